The molecule has 0 aromatic heterocycles. The number of carbonyl (C=O) groups excluding carboxylic acids is 3. The highest BCUT2D eigenvalue weighted by atomic mass is 79.9. The number of nitrogens with one attached hydrogen (secondary N) is 2. The third kappa shape index (κ3) is 4.54. The van der Waals surface area contributed by atoms with Gasteiger partial charge in [-0.1, -0.05) is 34.1 Å². The Bertz CT molecular complexity index is 1030. The first kappa shape index (κ1) is 21.6. The molecule has 2 aromatic carbocycles. The molecular weight excluding hydrogens is 450 g/mol. The van der Waals surface area contributed by atoms with Gasteiger partial charge in [0.05, 0.1) is 18.2 Å². The van der Waals surface area contributed by atoms with Crippen LogP contribution in [0, 0.1) is 0 Å². The molecule has 30 heavy (non-hydrogen) atoms. The Morgan fingerprint density at radius 1 is 1.20 bits per heavy atom. The molecule has 3 amide bonds. The van der Waals surface area contributed by atoms with Crippen molar-refractivity contribution in [2.24, 2.45) is 0 Å². The Morgan fingerprint density at radius 2 is 1.93 bits per heavy atom. The van der Waals surface area contributed by atoms with Crippen LogP contribution in [0.2, 0.25) is 0 Å². The number of ether oxygens (including phenoxy) is 1. The minimum Gasteiger partial charge on any atom is -0.463 e. The average Bonchev–Trinajstić information content (AvgIpc) is 2.72. The predicted octanol–water partition coefficient (Wildman–Crippen LogP) is 4.23. The van der Waals surface area contributed by atoms with Crippen LogP contribution in [0.25, 0.3) is 0 Å². The Labute approximate surface area is 183 Å². The van der Waals surface area contributed by atoms with Gasteiger partial charge in [0.15, 0.2) is 0 Å². The van der Waals surface area contributed by atoms with Gasteiger partial charge in [-0.25, -0.2) is 9.59 Å². The third-order valence-electron chi connectivity index (χ3n) is 4.81. The van der Waals surface area contributed by atoms with Crippen LogP contribution >= 0.6 is 15.9 Å². The zero-order chi connectivity index (χ0) is 21.8. The second-order valence-electron chi connectivity index (χ2n) is 6.75. The fourth-order valence-corrected chi connectivity index (χ4v) is 3.59. The summed E-state index contributed by atoms with van der Waals surface area (Å²) in [4.78, 5) is 38.9. The molecule has 3 rings (SSSR count). The summed E-state index contributed by atoms with van der Waals surface area (Å²) >= 11 is 3.36. The number of nitrogens with zero attached hydrogens (tertiary/aromatic N) is 1. The third-order valence-corrected chi connectivity index (χ3v) is 5.31. The van der Waals surface area contributed by atoms with Gasteiger partial charge in [0.25, 0.3) is 5.91 Å². The summed E-state index contributed by atoms with van der Waals surface area (Å²) in [6.07, 6.45) is 0. The molecule has 1 heterocycles. The molecule has 8 heteroatoms. The van der Waals surface area contributed by atoms with Crippen molar-refractivity contribution in [2.45, 2.75) is 19.9 Å². The smallest absolute Gasteiger partial charge is 0.338 e. The minimum absolute atomic E-state index is 0.225. The number of amides is 3. The van der Waals surface area contributed by atoms with Crippen LogP contribution in [0.5, 0.6) is 0 Å². The average molecular weight is 472 g/mol. The maximum atomic E-state index is 12.6. The normalized spacial score (nSPS) is 16.2. The zero-order valence-electron chi connectivity index (χ0n) is 16.9. The van der Waals surface area contributed by atoms with E-state index >= 15 is 0 Å². The van der Waals surface area contributed by atoms with Crippen LogP contribution in [0.1, 0.15) is 35.8 Å². The summed E-state index contributed by atoms with van der Waals surface area (Å²) in [5, 5.41) is 5.68. The number of urea groups is 1. The quantitative estimate of drug-likeness (QED) is 0.638. The molecule has 0 spiro atoms. The molecular formula is C22H22BrN3O4. The van der Waals surface area contributed by atoms with Crippen molar-refractivity contribution in [3.05, 3.63) is 75.4 Å². The first-order chi connectivity index (χ1) is 14.3. The molecule has 2 aromatic rings. The molecule has 0 bridgehead atoms. The molecule has 1 aliphatic heterocycles. The largest absolute Gasteiger partial charge is 0.463 e. The number of carbonyl (C=O) groups is 3. The fraction of sp³-hybridized carbons (Fsp3) is 0.227. The standard InChI is InChI=1S/C22H22BrN3O4/c1-4-30-21(28)18-13(2)26(3)22(29)25-19(18)14-7-6-10-17(12-14)24-20(27)15-8-5-9-16(23)11-15/h5-12,19H,4H2,1-3H3,(H,24,27)(H,25,29). The van der Waals surface area contributed by atoms with Gasteiger partial charge in [-0.3, -0.25) is 4.79 Å². The molecule has 1 atom stereocenters. The number of esters is 1. The number of rotatable bonds is 5. The van der Waals surface area contributed by atoms with Gasteiger partial charge in [-0.2, -0.15) is 0 Å². The summed E-state index contributed by atoms with van der Waals surface area (Å²) in [7, 11) is 1.59. The number of allylic oxidation sites excluding steroid dienone is 1. The van der Waals surface area contributed by atoms with Gasteiger partial charge in [0, 0.05) is 28.5 Å². The Balaban J connectivity index is 1.92. The molecule has 1 unspecified atom stereocenters. The maximum Gasteiger partial charge on any atom is 0.338 e. The van der Waals surface area contributed by atoms with Crippen LogP contribution in [-0.2, 0) is 9.53 Å². The lowest BCUT2D eigenvalue weighted by Gasteiger charge is -2.33. The summed E-state index contributed by atoms with van der Waals surface area (Å²) in [6.45, 7) is 3.66. The van der Waals surface area contributed by atoms with E-state index in [1.165, 1.54) is 4.90 Å². The summed E-state index contributed by atoms with van der Waals surface area (Å²) in [5.41, 5.74) is 2.59. The predicted molar refractivity (Wildman–Crippen MR) is 117 cm³/mol. The van der Waals surface area contributed by atoms with Crippen molar-refractivity contribution in [3.63, 3.8) is 0 Å². The van der Waals surface area contributed by atoms with Crippen molar-refractivity contribution >= 4 is 39.5 Å². The lowest BCUT2D eigenvalue weighted by molar-refractivity contribution is -0.139. The Kier molecular flexibility index (Phi) is 6.56. The van der Waals surface area contributed by atoms with E-state index in [4.69, 9.17) is 4.74 Å². The summed E-state index contributed by atoms with van der Waals surface area (Å²) in [6, 6.07) is 13.1. The van der Waals surface area contributed by atoms with E-state index in [2.05, 4.69) is 26.6 Å². The topological polar surface area (TPSA) is 87.7 Å². The summed E-state index contributed by atoms with van der Waals surface area (Å²) < 4.78 is 6.01. The number of halogens is 1. The van der Waals surface area contributed by atoms with Gasteiger partial charge in [0.2, 0.25) is 0 Å². The van der Waals surface area contributed by atoms with E-state index in [0.717, 1.165) is 4.47 Å². The first-order valence-corrected chi connectivity index (χ1v) is 10.2. The van der Waals surface area contributed by atoms with Gasteiger partial charge in [-0.05, 0) is 49.7 Å². The van der Waals surface area contributed by atoms with Gasteiger partial charge in [-0.15, -0.1) is 0 Å². The Hall–Kier alpha value is -3.13. The first-order valence-electron chi connectivity index (χ1n) is 9.40. The van der Waals surface area contributed by atoms with E-state index in [9.17, 15) is 14.4 Å². The lowest BCUT2D eigenvalue weighted by Crippen LogP contribution is -2.46. The second-order valence-corrected chi connectivity index (χ2v) is 7.67. The van der Waals surface area contributed by atoms with E-state index in [1.807, 2.05) is 6.07 Å². The number of hydrogen-bond donors (Lipinski definition) is 2. The van der Waals surface area contributed by atoms with Crippen molar-refractivity contribution in [3.8, 4) is 0 Å². The van der Waals surface area contributed by atoms with E-state index in [0.29, 0.717) is 28.1 Å². The lowest BCUT2D eigenvalue weighted by atomic mass is 9.94. The monoisotopic (exact) mass is 471 g/mol. The zero-order valence-corrected chi connectivity index (χ0v) is 18.4. The van der Waals surface area contributed by atoms with Crippen LogP contribution in [0.4, 0.5) is 10.5 Å². The molecule has 2 N–H and O–H groups in total. The number of hydrogen-bond acceptors (Lipinski definition) is 4. The molecule has 0 saturated carbocycles. The number of benzene rings is 2. The van der Waals surface area contributed by atoms with Crippen molar-refractivity contribution in [1.82, 2.24) is 10.2 Å². The fourth-order valence-electron chi connectivity index (χ4n) is 3.19. The van der Waals surface area contributed by atoms with E-state index in [1.54, 1.807) is 63.4 Å². The van der Waals surface area contributed by atoms with Crippen LogP contribution in [-0.4, -0.2) is 36.5 Å². The number of anilines is 1. The maximum absolute atomic E-state index is 12.6. The molecule has 156 valence electrons. The highest BCUT2D eigenvalue weighted by Crippen LogP contribution is 2.31. The van der Waals surface area contributed by atoms with Gasteiger partial charge in [0.1, 0.15) is 0 Å². The van der Waals surface area contributed by atoms with Crippen molar-refractivity contribution < 1.29 is 19.1 Å². The highest BCUT2D eigenvalue weighted by Gasteiger charge is 2.35. The molecule has 0 fully saturated rings. The van der Waals surface area contributed by atoms with E-state index in [-0.39, 0.29) is 18.5 Å². The second kappa shape index (κ2) is 9.13. The van der Waals surface area contributed by atoms with Crippen LogP contribution < -0.4 is 10.6 Å². The summed E-state index contributed by atoms with van der Waals surface area (Å²) in [5.74, 6) is -0.756. The van der Waals surface area contributed by atoms with Crippen molar-refractivity contribution in [2.75, 3.05) is 19.0 Å². The highest BCUT2D eigenvalue weighted by molar-refractivity contribution is 9.10. The molecule has 7 nitrogen and oxygen atoms in total. The van der Waals surface area contributed by atoms with E-state index < -0.39 is 12.0 Å². The molecule has 0 aliphatic carbocycles. The van der Waals surface area contributed by atoms with Crippen molar-refractivity contribution in [1.29, 1.82) is 0 Å². The SMILES string of the molecule is CCOC(=O)C1=C(C)N(C)C(=O)NC1c1cccc(NC(=O)c2cccc(Br)c2)c1. The van der Waals surface area contributed by atoms with Crippen LogP contribution in [0.3, 0.4) is 0 Å². The van der Waals surface area contributed by atoms with Crippen LogP contribution in [0.15, 0.2) is 64.3 Å². The van der Waals surface area contributed by atoms with Gasteiger partial charge < -0.3 is 20.3 Å². The van der Waals surface area contributed by atoms with Gasteiger partial charge >= 0.3 is 12.0 Å². The molecule has 1 aliphatic rings. The Morgan fingerprint density at radius 3 is 2.63 bits per heavy atom. The molecule has 0 saturated heterocycles. The molecule has 0 radical (unpaired) electrons. The minimum atomic E-state index is -0.685.